The fourth-order valence-electron chi connectivity index (χ4n) is 0.674. The molecule has 15 heavy (non-hydrogen) atoms. The Bertz CT molecular complexity index is 326. The largest absolute Gasteiger partial charge is 0.514 e. The van der Waals surface area contributed by atoms with Crippen LogP contribution in [0.5, 0.6) is 5.75 Å². The zero-order valence-corrected chi connectivity index (χ0v) is 7.32. The predicted molar refractivity (Wildman–Crippen MR) is 42.3 cm³/mol. The number of nitrogens with zero attached hydrogens (tertiary/aromatic N) is 1. The Kier molecular flexibility index (Phi) is 3.48. The molecule has 1 rings (SSSR count). The van der Waals surface area contributed by atoms with Crippen LogP contribution in [-0.2, 0) is 4.74 Å². The SMILES string of the molecule is O=C(OCC(F)(F)F)Oc1cccnc1. The molecule has 0 amide bonds. The number of ether oxygens (including phenoxy) is 2. The Morgan fingerprint density at radius 3 is 2.73 bits per heavy atom. The number of alkyl halides is 3. The molecule has 0 radical (unpaired) electrons. The lowest BCUT2D eigenvalue weighted by Gasteiger charge is -2.07. The van der Waals surface area contributed by atoms with Gasteiger partial charge in [0.1, 0.15) is 0 Å². The first-order valence-corrected chi connectivity index (χ1v) is 3.79. The van der Waals surface area contributed by atoms with Crippen LogP contribution in [0.15, 0.2) is 24.5 Å². The van der Waals surface area contributed by atoms with E-state index in [-0.39, 0.29) is 5.75 Å². The second-order valence-electron chi connectivity index (χ2n) is 2.44. The van der Waals surface area contributed by atoms with Crippen molar-refractivity contribution in [2.24, 2.45) is 0 Å². The molecule has 0 aliphatic heterocycles. The van der Waals surface area contributed by atoms with Crippen molar-refractivity contribution < 1.29 is 27.4 Å². The lowest BCUT2D eigenvalue weighted by molar-refractivity contribution is -0.163. The molecule has 1 aromatic rings. The summed E-state index contributed by atoms with van der Waals surface area (Å²) in [6.07, 6.45) is -3.38. The van der Waals surface area contributed by atoms with E-state index < -0.39 is 18.9 Å². The minimum Gasteiger partial charge on any atom is -0.424 e. The zero-order chi connectivity index (χ0) is 11.3. The molecule has 4 nitrogen and oxygen atoms in total. The van der Waals surface area contributed by atoms with Crippen molar-refractivity contribution in [3.8, 4) is 5.75 Å². The van der Waals surface area contributed by atoms with Gasteiger partial charge in [-0.2, -0.15) is 13.2 Å². The fraction of sp³-hybridized carbons (Fsp3) is 0.250. The van der Waals surface area contributed by atoms with Crippen LogP contribution >= 0.6 is 0 Å². The molecule has 0 aromatic carbocycles. The van der Waals surface area contributed by atoms with Gasteiger partial charge >= 0.3 is 12.3 Å². The van der Waals surface area contributed by atoms with Gasteiger partial charge in [-0.3, -0.25) is 4.98 Å². The Labute approximate surface area is 82.6 Å². The monoisotopic (exact) mass is 221 g/mol. The minimum absolute atomic E-state index is 0.0182. The Balaban J connectivity index is 2.38. The van der Waals surface area contributed by atoms with E-state index >= 15 is 0 Å². The maximum atomic E-state index is 11.6. The first-order valence-electron chi connectivity index (χ1n) is 3.79. The molecule has 0 N–H and O–H groups in total. The molecule has 0 bridgehead atoms. The average Bonchev–Trinajstić information content (AvgIpc) is 2.15. The van der Waals surface area contributed by atoms with E-state index in [1.165, 1.54) is 24.5 Å². The smallest absolute Gasteiger partial charge is 0.424 e. The number of hydrogen-bond donors (Lipinski definition) is 0. The van der Waals surface area contributed by atoms with Gasteiger partial charge in [0.2, 0.25) is 0 Å². The van der Waals surface area contributed by atoms with Crippen LogP contribution in [0.4, 0.5) is 18.0 Å². The first kappa shape index (κ1) is 11.3. The molecular weight excluding hydrogens is 215 g/mol. The van der Waals surface area contributed by atoms with Crippen LogP contribution in [0, 0.1) is 0 Å². The number of carbonyl (C=O) groups excluding carboxylic acids is 1. The highest BCUT2D eigenvalue weighted by Gasteiger charge is 2.30. The second-order valence-corrected chi connectivity index (χ2v) is 2.44. The lowest BCUT2D eigenvalue weighted by atomic mass is 10.5. The first-order chi connectivity index (χ1) is 6.97. The number of halogens is 3. The van der Waals surface area contributed by atoms with Crippen LogP contribution in [0.3, 0.4) is 0 Å². The highest BCUT2D eigenvalue weighted by Crippen LogP contribution is 2.15. The van der Waals surface area contributed by atoms with Gasteiger partial charge in [0.15, 0.2) is 12.4 Å². The molecule has 0 saturated carbocycles. The van der Waals surface area contributed by atoms with Crippen LogP contribution in [-0.4, -0.2) is 23.9 Å². The molecule has 1 heterocycles. The van der Waals surface area contributed by atoms with Gasteiger partial charge < -0.3 is 9.47 Å². The molecule has 0 aliphatic rings. The molecule has 1 aromatic heterocycles. The Morgan fingerprint density at radius 2 is 2.20 bits per heavy atom. The van der Waals surface area contributed by atoms with Crippen LogP contribution < -0.4 is 4.74 Å². The van der Waals surface area contributed by atoms with Crippen molar-refractivity contribution in [3.63, 3.8) is 0 Å². The summed E-state index contributed by atoms with van der Waals surface area (Å²) in [5.41, 5.74) is 0. The van der Waals surface area contributed by atoms with Crippen molar-refractivity contribution in [3.05, 3.63) is 24.5 Å². The number of hydrogen-bond acceptors (Lipinski definition) is 4. The molecule has 0 saturated heterocycles. The van der Waals surface area contributed by atoms with E-state index in [1.807, 2.05) is 0 Å². The van der Waals surface area contributed by atoms with Crippen LogP contribution in [0.1, 0.15) is 0 Å². The van der Waals surface area contributed by atoms with Gasteiger partial charge in [-0.25, -0.2) is 4.79 Å². The molecule has 0 spiro atoms. The van der Waals surface area contributed by atoms with Crippen molar-refractivity contribution in [1.29, 1.82) is 0 Å². The van der Waals surface area contributed by atoms with Crippen molar-refractivity contribution in [2.75, 3.05) is 6.61 Å². The number of aromatic nitrogens is 1. The van der Waals surface area contributed by atoms with Gasteiger partial charge in [0.25, 0.3) is 0 Å². The van der Waals surface area contributed by atoms with Crippen LogP contribution in [0.2, 0.25) is 0 Å². The molecule has 0 unspecified atom stereocenters. The molecule has 0 aliphatic carbocycles. The predicted octanol–water partition coefficient (Wildman–Crippen LogP) is 2.16. The highest BCUT2D eigenvalue weighted by molar-refractivity contribution is 5.63. The highest BCUT2D eigenvalue weighted by atomic mass is 19.4. The van der Waals surface area contributed by atoms with E-state index in [1.54, 1.807) is 0 Å². The van der Waals surface area contributed by atoms with Crippen LogP contribution in [0.25, 0.3) is 0 Å². The summed E-state index contributed by atoms with van der Waals surface area (Å²) in [6, 6.07) is 2.83. The van der Waals surface area contributed by atoms with Gasteiger partial charge in [0.05, 0.1) is 6.20 Å². The summed E-state index contributed by atoms with van der Waals surface area (Å²) in [5, 5.41) is 0. The Morgan fingerprint density at radius 1 is 1.47 bits per heavy atom. The summed E-state index contributed by atoms with van der Waals surface area (Å²) in [6.45, 7) is -1.67. The fourth-order valence-corrected chi connectivity index (χ4v) is 0.674. The summed E-state index contributed by atoms with van der Waals surface area (Å²) in [5.74, 6) is 0.0182. The Hall–Kier alpha value is -1.79. The summed E-state index contributed by atoms with van der Waals surface area (Å²) in [4.78, 5) is 14.3. The van der Waals surface area contributed by atoms with E-state index in [9.17, 15) is 18.0 Å². The third-order valence-electron chi connectivity index (χ3n) is 1.19. The summed E-state index contributed by atoms with van der Waals surface area (Å²) < 4.78 is 43.0. The average molecular weight is 221 g/mol. The zero-order valence-electron chi connectivity index (χ0n) is 7.32. The van der Waals surface area contributed by atoms with Gasteiger partial charge in [-0.05, 0) is 12.1 Å². The molecule has 7 heteroatoms. The normalized spacial score (nSPS) is 10.9. The molecule has 0 atom stereocenters. The summed E-state index contributed by atoms with van der Waals surface area (Å²) >= 11 is 0. The lowest BCUT2D eigenvalue weighted by Crippen LogP contribution is -2.22. The maximum absolute atomic E-state index is 11.6. The van der Waals surface area contributed by atoms with E-state index in [0.717, 1.165) is 0 Å². The topological polar surface area (TPSA) is 48.4 Å². The number of carbonyl (C=O) groups is 1. The molecule has 0 fully saturated rings. The third-order valence-corrected chi connectivity index (χ3v) is 1.19. The van der Waals surface area contributed by atoms with Crippen molar-refractivity contribution in [2.45, 2.75) is 6.18 Å². The van der Waals surface area contributed by atoms with E-state index in [0.29, 0.717) is 0 Å². The van der Waals surface area contributed by atoms with Crippen molar-refractivity contribution in [1.82, 2.24) is 4.98 Å². The van der Waals surface area contributed by atoms with Gasteiger partial charge in [-0.15, -0.1) is 0 Å². The third kappa shape index (κ3) is 4.84. The van der Waals surface area contributed by atoms with Gasteiger partial charge in [0, 0.05) is 6.20 Å². The molecule has 82 valence electrons. The summed E-state index contributed by atoms with van der Waals surface area (Å²) in [7, 11) is 0. The van der Waals surface area contributed by atoms with E-state index in [2.05, 4.69) is 14.5 Å². The number of pyridine rings is 1. The van der Waals surface area contributed by atoms with Crippen molar-refractivity contribution >= 4 is 6.16 Å². The standard InChI is InChI=1S/C8H6F3NO3/c9-8(10,11)5-14-7(13)15-6-2-1-3-12-4-6/h1-4H,5H2. The maximum Gasteiger partial charge on any atom is 0.514 e. The van der Waals surface area contributed by atoms with Gasteiger partial charge in [-0.1, -0.05) is 0 Å². The quantitative estimate of drug-likeness (QED) is 0.718. The molecular formula is C8H6F3NO3. The second kappa shape index (κ2) is 4.63. The van der Waals surface area contributed by atoms with E-state index in [4.69, 9.17) is 0 Å². The number of rotatable bonds is 2. The minimum atomic E-state index is -4.56.